The molecule has 0 radical (unpaired) electrons. The van der Waals surface area contributed by atoms with Crippen LogP contribution in [0.4, 0.5) is 5.82 Å². The number of aromatic nitrogens is 2. The average Bonchev–Trinajstić information content (AvgIpc) is 3.21. The van der Waals surface area contributed by atoms with Crippen LogP contribution in [0.15, 0.2) is 78.9 Å². The quantitative estimate of drug-likeness (QED) is 0.268. The van der Waals surface area contributed by atoms with Crippen molar-refractivity contribution in [2.24, 2.45) is 0 Å². The molecule has 0 unspecified atom stereocenters. The van der Waals surface area contributed by atoms with E-state index in [1.54, 1.807) is 13.2 Å². The molecule has 6 nitrogen and oxygen atoms in total. The lowest BCUT2D eigenvalue weighted by molar-refractivity contribution is -0.111. The molecule has 36 heavy (non-hydrogen) atoms. The van der Waals surface area contributed by atoms with Crippen LogP contribution in [-0.2, 0) is 17.9 Å². The smallest absolute Gasteiger partial charge is 0.249 e. The summed E-state index contributed by atoms with van der Waals surface area (Å²) >= 11 is 5.96. The molecule has 4 rings (SSSR count). The number of carbonyl (C=O) groups excluding carboxylic acids is 1. The van der Waals surface area contributed by atoms with Crippen molar-refractivity contribution in [1.29, 1.82) is 0 Å². The van der Waals surface area contributed by atoms with Crippen molar-refractivity contribution >= 4 is 29.4 Å². The lowest BCUT2D eigenvalue weighted by Crippen LogP contribution is -2.09. The van der Waals surface area contributed by atoms with Gasteiger partial charge in [0.1, 0.15) is 18.1 Å². The molecule has 0 aliphatic carbocycles. The number of nitrogens with zero attached hydrogens (tertiary/aromatic N) is 2. The number of aryl methyl sites for hydroxylation is 2. The normalized spacial score (nSPS) is 11.0. The molecule has 0 saturated carbocycles. The van der Waals surface area contributed by atoms with Crippen LogP contribution >= 0.6 is 11.6 Å². The van der Waals surface area contributed by atoms with Gasteiger partial charge in [-0.05, 0) is 73.0 Å². The van der Waals surface area contributed by atoms with Gasteiger partial charge in [0.05, 0.1) is 13.7 Å². The number of carbonyl (C=O) groups is 1. The van der Waals surface area contributed by atoms with Crippen LogP contribution in [0.25, 0.3) is 6.08 Å². The first-order valence-corrected chi connectivity index (χ1v) is 11.9. The third-order valence-electron chi connectivity index (χ3n) is 5.59. The number of anilines is 1. The van der Waals surface area contributed by atoms with Crippen LogP contribution in [-0.4, -0.2) is 22.8 Å². The number of amides is 1. The van der Waals surface area contributed by atoms with Gasteiger partial charge in [0, 0.05) is 28.4 Å². The van der Waals surface area contributed by atoms with Crippen LogP contribution in [0.2, 0.25) is 5.02 Å². The van der Waals surface area contributed by atoms with Crippen molar-refractivity contribution in [2.75, 3.05) is 12.4 Å². The largest absolute Gasteiger partial charge is 0.496 e. The Kier molecular flexibility index (Phi) is 8.08. The van der Waals surface area contributed by atoms with Gasteiger partial charge in [-0.2, -0.15) is 5.10 Å². The molecule has 0 spiro atoms. The van der Waals surface area contributed by atoms with Gasteiger partial charge >= 0.3 is 0 Å². The monoisotopic (exact) mass is 501 g/mol. The molecule has 1 heterocycles. The molecule has 0 saturated heterocycles. The van der Waals surface area contributed by atoms with Crippen molar-refractivity contribution in [2.45, 2.75) is 27.0 Å². The first-order valence-electron chi connectivity index (χ1n) is 11.5. The highest BCUT2D eigenvalue weighted by molar-refractivity contribution is 6.30. The summed E-state index contributed by atoms with van der Waals surface area (Å²) in [4.78, 5) is 12.5. The second kappa shape index (κ2) is 11.6. The van der Waals surface area contributed by atoms with E-state index in [1.165, 1.54) is 6.08 Å². The molecule has 7 heteroatoms. The minimum Gasteiger partial charge on any atom is -0.496 e. The minimum absolute atomic E-state index is 0.264. The number of ether oxygens (including phenoxy) is 2. The fraction of sp³-hybridized carbons (Fsp3) is 0.172. The Morgan fingerprint density at radius 2 is 1.86 bits per heavy atom. The van der Waals surface area contributed by atoms with Crippen LogP contribution in [0, 0.1) is 13.8 Å². The Bertz CT molecular complexity index is 1380. The number of halogens is 1. The van der Waals surface area contributed by atoms with E-state index in [-0.39, 0.29) is 5.91 Å². The van der Waals surface area contributed by atoms with Gasteiger partial charge in [-0.25, -0.2) is 0 Å². The molecular formula is C29H28ClN3O3. The van der Waals surface area contributed by atoms with Crippen LogP contribution in [0.1, 0.15) is 27.9 Å². The molecule has 1 aromatic heterocycles. The summed E-state index contributed by atoms with van der Waals surface area (Å²) in [5, 5.41) is 8.03. The zero-order chi connectivity index (χ0) is 25.5. The molecule has 0 atom stereocenters. The number of hydrogen-bond acceptors (Lipinski definition) is 4. The molecular weight excluding hydrogens is 474 g/mol. The maximum absolute atomic E-state index is 12.5. The Morgan fingerprint density at radius 3 is 2.61 bits per heavy atom. The Labute approximate surface area is 216 Å². The topological polar surface area (TPSA) is 65.4 Å². The Morgan fingerprint density at radius 1 is 1.06 bits per heavy atom. The van der Waals surface area contributed by atoms with E-state index < -0.39 is 0 Å². The zero-order valence-corrected chi connectivity index (χ0v) is 21.3. The SMILES string of the molecule is COc1ccc(/C=C/C(=O)Nc2cc(C)n(Cc3ccc(Cl)cc3)n2)cc1COc1cccc(C)c1. The number of nitrogens with one attached hydrogen (secondary N) is 1. The second-order valence-electron chi connectivity index (χ2n) is 8.45. The third kappa shape index (κ3) is 6.77. The van der Waals surface area contributed by atoms with Crippen molar-refractivity contribution in [3.05, 3.63) is 112 Å². The van der Waals surface area contributed by atoms with E-state index in [9.17, 15) is 4.79 Å². The van der Waals surface area contributed by atoms with Gasteiger partial charge < -0.3 is 14.8 Å². The van der Waals surface area contributed by atoms with Crippen molar-refractivity contribution in [1.82, 2.24) is 9.78 Å². The maximum atomic E-state index is 12.5. The number of rotatable bonds is 9. The van der Waals surface area contributed by atoms with E-state index in [0.717, 1.165) is 39.4 Å². The van der Waals surface area contributed by atoms with Gasteiger partial charge in [0.25, 0.3) is 0 Å². The van der Waals surface area contributed by atoms with Gasteiger partial charge in [0.15, 0.2) is 5.82 Å². The Balaban J connectivity index is 1.39. The van der Waals surface area contributed by atoms with Crippen molar-refractivity contribution in [3.63, 3.8) is 0 Å². The lowest BCUT2D eigenvalue weighted by atomic mass is 10.1. The summed E-state index contributed by atoms with van der Waals surface area (Å²) in [6, 6.07) is 23.1. The van der Waals surface area contributed by atoms with Crippen LogP contribution in [0.5, 0.6) is 11.5 Å². The second-order valence-corrected chi connectivity index (χ2v) is 8.89. The molecule has 0 bridgehead atoms. The summed E-state index contributed by atoms with van der Waals surface area (Å²) in [6.45, 7) is 4.92. The maximum Gasteiger partial charge on any atom is 0.249 e. The number of hydrogen-bond donors (Lipinski definition) is 1. The summed E-state index contributed by atoms with van der Waals surface area (Å²) in [7, 11) is 1.63. The van der Waals surface area contributed by atoms with Gasteiger partial charge in [0.2, 0.25) is 5.91 Å². The standard InChI is InChI=1S/C29H28ClN3O3/c1-20-5-4-6-26(15-20)36-19-24-17-22(9-13-27(24)35-3)10-14-29(34)31-28-16-21(2)33(32-28)18-23-7-11-25(30)12-8-23/h4-17H,18-19H2,1-3H3,(H,31,32,34)/b14-10+. The fourth-order valence-corrected chi connectivity index (χ4v) is 3.84. The van der Waals surface area contributed by atoms with Gasteiger partial charge in [-0.3, -0.25) is 9.48 Å². The number of methoxy groups -OCH3 is 1. The molecule has 0 aliphatic heterocycles. The third-order valence-corrected chi connectivity index (χ3v) is 5.85. The lowest BCUT2D eigenvalue weighted by Gasteiger charge is -2.11. The first-order chi connectivity index (χ1) is 17.4. The van der Waals surface area contributed by atoms with E-state index in [4.69, 9.17) is 21.1 Å². The van der Waals surface area contributed by atoms with E-state index in [1.807, 2.05) is 91.3 Å². The number of benzene rings is 3. The molecule has 4 aromatic rings. The minimum atomic E-state index is -0.264. The summed E-state index contributed by atoms with van der Waals surface area (Å²) in [5.41, 5.74) is 4.89. The molecule has 184 valence electrons. The van der Waals surface area contributed by atoms with Gasteiger partial charge in [-0.1, -0.05) is 41.9 Å². The highest BCUT2D eigenvalue weighted by Crippen LogP contribution is 2.23. The Hall–Kier alpha value is -4.03. The predicted molar refractivity (Wildman–Crippen MR) is 144 cm³/mol. The molecule has 1 N–H and O–H groups in total. The van der Waals surface area contributed by atoms with Crippen LogP contribution < -0.4 is 14.8 Å². The van der Waals surface area contributed by atoms with Crippen molar-refractivity contribution in [3.8, 4) is 11.5 Å². The summed E-state index contributed by atoms with van der Waals surface area (Å²) in [6.07, 6.45) is 3.24. The molecule has 0 aliphatic rings. The molecule has 3 aromatic carbocycles. The summed E-state index contributed by atoms with van der Waals surface area (Å²) in [5.74, 6) is 1.76. The van der Waals surface area contributed by atoms with E-state index in [0.29, 0.717) is 24.0 Å². The van der Waals surface area contributed by atoms with Crippen molar-refractivity contribution < 1.29 is 14.3 Å². The van der Waals surface area contributed by atoms with Gasteiger partial charge in [-0.15, -0.1) is 0 Å². The van der Waals surface area contributed by atoms with E-state index >= 15 is 0 Å². The molecule has 1 amide bonds. The highest BCUT2D eigenvalue weighted by Gasteiger charge is 2.08. The summed E-state index contributed by atoms with van der Waals surface area (Å²) < 4.78 is 13.3. The molecule has 0 fully saturated rings. The first kappa shape index (κ1) is 25.1. The average molecular weight is 502 g/mol. The fourth-order valence-electron chi connectivity index (χ4n) is 3.72. The van der Waals surface area contributed by atoms with E-state index in [2.05, 4.69) is 10.4 Å². The predicted octanol–water partition coefficient (Wildman–Crippen LogP) is 6.44. The van der Waals surface area contributed by atoms with Crippen LogP contribution in [0.3, 0.4) is 0 Å². The highest BCUT2D eigenvalue weighted by atomic mass is 35.5. The zero-order valence-electron chi connectivity index (χ0n) is 20.5.